The SMILES string of the molecule is COC(=O)C[C@H]1CC[C@H]2[C@H](COc3ccc(NC(=O)c4cc(C)on4)cc3C(=O)N2C)O1. The summed E-state index contributed by atoms with van der Waals surface area (Å²) >= 11 is 0. The van der Waals surface area contributed by atoms with Crippen molar-refractivity contribution in [3.63, 3.8) is 0 Å². The molecular formula is C22H25N3O7. The monoisotopic (exact) mass is 443 g/mol. The van der Waals surface area contributed by atoms with Gasteiger partial charge in [-0.1, -0.05) is 5.16 Å². The minimum atomic E-state index is -0.438. The van der Waals surface area contributed by atoms with Crippen LogP contribution in [0.25, 0.3) is 0 Å². The number of carbonyl (C=O) groups is 3. The number of aromatic nitrogens is 1. The number of aryl methyl sites for hydroxylation is 1. The quantitative estimate of drug-likeness (QED) is 0.714. The summed E-state index contributed by atoms with van der Waals surface area (Å²) < 4.78 is 21.6. The number of benzene rings is 1. The topological polar surface area (TPSA) is 120 Å². The van der Waals surface area contributed by atoms with Crippen molar-refractivity contribution >= 4 is 23.5 Å². The summed E-state index contributed by atoms with van der Waals surface area (Å²) in [5, 5.41) is 6.42. The van der Waals surface area contributed by atoms with E-state index in [2.05, 4.69) is 10.5 Å². The second-order valence-electron chi connectivity index (χ2n) is 7.94. The first kappa shape index (κ1) is 21.8. The highest BCUT2D eigenvalue weighted by molar-refractivity contribution is 6.04. The highest BCUT2D eigenvalue weighted by Crippen LogP contribution is 2.32. The van der Waals surface area contributed by atoms with Crippen molar-refractivity contribution in [3.8, 4) is 5.75 Å². The molecule has 2 aliphatic rings. The van der Waals surface area contributed by atoms with Gasteiger partial charge in [-0.2, -0.15) is 0 Å². The number of ether oxygens (including phenoxy) is 3. The Kier molecular flexibility index (Phi) is 6.13. The molecule has 0 aliphatic carbocycles. The molecule has 2 aromatic rings. The summed E-state index contributed by atoms with van der Waals surface area (Å²) in [4.78, 5) is 38.9. The molecule has 10 nitrogen and oxygen atoms in total. The van der Waals surface area contributed by atoms with Gasteiger partial charge < -0.3 is 29.0 Å². The number of anilines is 1. The summed E-state index contributed by atoms with van der Waals surface area (Å²) in [5.41, 5.74) is 0.935. The van der Waals surface area contributed by atoms with Gasteiger partial charge in [0.15, 0.2) is 5.69 Å². The molecule has 32 heavy (non-hydrogen) atoms. The van der Waals surface area contributed by atoms with Crippen LogP contribution in [-0.2, 0) is 14.3 Å². The summed E-state index contributed by atoms with van der Waals surface area (Å²) in [7, 11) is 3.07. The second kappa shape index (κ2) is 8.99. The molecule has 3 heterocycles. The van der Waals surface area contributed by atoms with E-state index in [9.17, 15) is 14.4 Å². The van der Waals surface area contributed by atoms with Gasteiger partial charge in [0.25, 0.3) is 11.8 Å². The number of fused-ring (bicyclic) bond motifs is 2. The van der Waals surface area contributed by atoms with E-state index >= 15 is 0 Å². The highest BCUT2D eigenvalue weighted by atomic mass is 16.6. The molecule has 0 unspecified atom stereocenters. The van der Waals surface area contributed by atoms with E-state index in [1.54, 1.807) is 37.1 Å². The highest BCUT2D eigenvalue weighted by Gasteiger charge is 2.39. The zero-order valence-electron chi connectivity index (χ0n) is 18.1. The van der Waals surface area contributed by atoms with Crippen LogP contribution in [0.5, 0.6) is 5.75 Å². The average molecular weight is 443 g/mol. The maximum absolute atomic E-state index is 13.2. The van der Waals surface area contributed by atoms with Crippen LogP contribution in [0.4, 0.5) is 5.69 Å². The predicted octanol–water partition coefficient (Wildman–Crippen LogP) is 2.18. The van der Waals surface area contributed by atoms with Crippen LogP contribution in [0.15, 0.2) is 28.8 Å². The average Bonchev–Trinajstić information content (AvgIpc) is 3.23. The molecule has 2 aliphatic heterocycles. The maximum Gasteiger partial charge on any atom is 0.308 e. The van der Waals surface area contributed by atoms with Crippen molar-refractivity contribution in [2.75, 3.05) is 26.1 Å². The number of hydrogen-bond acceptors (Lipinski definition) is 8. The molecule has 0 spiro atoms. The number of rotatable bonds is 4. The van der Waals surface area contributed by atoms with E-state index < -0.39 is 5.91 Å². The molecule has 10 heteroatoms. The molecule has 1 N–H and O–H groups in total. The third kappa shape index (κ3) is 4.45. The van der Waals surface area contributed by atoms with Crippen molar-refractivity contribution in [1.82, 2.24) is 10.1 Å². The van der Waals surface area contributed by atoms with Crippen molar-refractivity contribution < 1.29 is 33.1 Å². The summed E-state index contributed by atoms with van der Waals surface area (Å²) in [5.74, 6) is -0.0823. The fourth-order valence-electron chi connectivity index (χ4n) is 4.04. The molecule has 1 aromatic carbocycles. The third-order valence-corrected chi connectivity index (χ3v) is 5.75. The van der Waals surface area contributed by atoms with Crippen LogP contribution in [0.1, 0.15) is 45.9 Å². The van der Waals surface area contributed by atoms with Gasteiger partial charge in [0.05, 0.1) is 31.2 Å². The van der Waals surface area contributed by atoms with Gasteiger partial charge in [-0.3, -0.25) is 14.4 Å². The number of likely N-dealkylation sites (N-methyl/N-ethyl adjacent to an activating group) is 1. The predicted molar refractivity (Wildman–Crippen MR) is 112 cm³/mol. The van der Waals surface area contributed by atoms with Gasteiger partial charge in [-0.15, -0.1) is 0 Å². The van der Waals surface area contributed by atoms with Crippen molar-refractivity contribution in [1.29, 1.82) is 0 Å². The molecule has 1 saturated heterocycles. The number of nitrogens with one attached hydrogen (secondary N) is 1. The Labute approximate surface area is 184 Å². The first-order chi connectivity index (χ1) is 15.4. The third-order valence-electron chi connectivity index (χ3n) is 5.75. The number of amides is 2. The summed E-state index contributed by atoms with van der Waals surface area (Å²) in [6, 6.07) is 6.21. The molecule has 1 fully saturated rings. The van der Waals surface area contributed by atoms with Gasteiger partial charge in [0.2, 0.25) is 0 Å². The number of esters is 1. The van der Waals surface area contributed by atoms with Gasteiger partial charge in [-0.05, 0) is 38.0 Å². The first-order valence-corrected chi connectivity index (χ1v) is 10.4. The van der Waals surface area contributed by atoms with Crippen LogP contribution in [-0.4, -0.2) is 66.9 Å². The Morgan fingerprint density at radius 2 is 2.09 bits per heavy atom. The van der Waals surface area contributed by atoms with Crippen molar-refractivity contribution in [2.45, 2.75) is 44.4 Å². The van der Waals surface area contributed by atoms with Crippen molar-refractivity contribution in [3.05, 3.63) is 41.3 Å². The van der Waals surface area contributed by atoms with Gasteiger partial charge in [0.1, 0.15) is 24.2 Å². The van der Waals surface area contributed by atoms with E-state index in [-0.39, 0.29) is 48.8 Å². The van der Waals surface area contributed by atoms with E-state index in [4.69, 9.17) is 18.7 Å². The molecule has 2 amide bonds. The second-order valence-corrected chi connectivity index (χ2v) is 7.94. The summed E-state index contributed by atoms with van der Waals surface area (Å²) in [6.07, 6.45) is 0.841. The van der Waals surface area contributed by atoms with Crippen LogP contribution in [0, 0.1) is 6.92 Å². The van der Waals surface area contributed by atoms with E-state index in [1.165, 1.54) is 13.2 Å². The minimum absolute atomic E-state index is 0.151. The Bertz CT molecular complexity index is 1030. The van der Waals surface area contributed by atoms with Gasteiger partial charge >= 0.3 is 5.97 Å². The van der Waals surface area contributed by atoms with E-state index in [1.807, 2.05) is 0 Å². The number of methoxy groups -OCH3 is 1. The zero-order valence-corrected chi connectivity index (χ0v) is 18.1. The smallest absolute Gasteiger partial charge is 0.308 e. The van der Waals surface area contributed by atoms with Crippen LogP contribution < -0.4 is 10.1 Å². The van der Waals surface area contributed by atoms with E-state index in [0.717, 1.165) is 0 Å². The molecule has 3 atom stereocenters. The lowest BCUT2D eigenvalue weighted by Gasteiger charge is -2.42. The maximum atomic E-state index is 13.2. The normalized spacial score (nSPS) is 22.7. The Morgan fingerprint density at radius 1 is 1.28 bits per heavy atom. The van der Waals surface area contributed by atoms with Crippen LogP contribution in [0.3, 0.4) is 0 Å². The molecule has 1 aromatic heterocycles. The summed E-state index contributed by atoms with van der Waals surface area (Å²) in [6.45, 7) is 1.93. The molecule has 4 rings (SSSR count). The number of nitrogens with zero attached hydrogens (tertiary/aromatic N) is 2. The van der Waals surface area contributed by atoms with Gasteiger partial charge in [0, 0.05) is 18.8 Å². The molecule has 0 saturated carbocycles. The van der Waals surface area contributed by atoms with E-state index in [0.29, 0.717) is 35.6 Å². The number of hydrogen-bond donors (Lipinski definition) is 1. The lowest BCUT2D eigenvalue weighted by atomic mass is 9.94. The lowest BCUT2D eigenvalue weighted by molar-refractivity contribution is -0.151. The molecule has 0 radical (unpaired) electrons. The first-order valence-electron chi connectivity index (χ1n) is 10.4. The largest absolute Gasteiger partial charge is 0.490 e. The Morgan fingerprint density at radius 3 is 2.81 bits per heavy atom. The van der Waals surface area contributed by atoms with Gasteiger partial charge in [-0.25, -0.2) is 0 Å². The molecular weight excluding hydrogens is 418 g/mol. The standard InChI is InChI=1S/C22H25N3O7/c1-12-8-16(24-32-12)21(27)23-13-4-7-18-15(9-13)22(28)25(2)17-6-5-14(10-20(26)29-3)31-19(17)11-30-18/h4,7-9,14,17,19H,5-6,10-11H2,1-3H3,(H,23,27)/t14-,17+,19+/m1/s1. The minimum Gasteiger partial charge on any atom is -0.490 e. The fraction of sp³-hybridized carbons (Fsp3) is 0.455. The van der Waals surface area contributed by atoms with Crippen LogP contribution >= 0.6 is 0 Å². The lowest BCUT2D eigenvalue weighted by Crippen LogP contribution is -2.53. The zero-order chi connectivity index (χ0) is 22.8. The Balaban J connectivity index is 1.51. The fourth-order valence-corrected chi connectivity index (χ4v) is 4.04. The van der Waals surface area contributed by atoms with Crippen LogP contribution in [0.2, 0.25) is 0 Å². The Hall–Kier alpha value is -3.40. The van der Waals surface area contributed by atoms with Crippen molar-refractivity contribution in [2.24, 2.45) is 0 Å². The number of carbonyl (C=O) groups excluding carboxylic acids is 3. The molecule has 170 valence electrons. The molecule has 0 bridgehead atoms.